The summed E-state index contributed by atoms with van der Waals surface area (Å²) in [6.45, 7) is 4.04. The van der Waals surface area contributed by atoms with E-state index in [2.05, 4.69) is 13.8 Å². The lowest BCUT2D eigenvalue weighted by Crippen LogP contribution is -2.58. The molecule has 0 aromatic heterocycles. The molecule has 8 atom stereocenters. The highest BCUT2D eigenvalue weighted by molar-refractivity contribution is 5.88. The van der Waals surface area contributed by atoms with Crippen LogP contribution in [-0.2, 0) is 9.59 Å². The summed E-state index contributed by atoms with van der Waals surface area (Å²) in [4.78, 5) is 25.6. The Labute approximate surface area is 150 Å². The molecule has 4 nitrogen and oxygen atoms in total. The molecule has 4 aliphatic carbocycles. The molecule has 4 fully saturated rings. The number of aliphatic hydroxyl groups excluding tert-OH is 2. The van der Waals surface area contributed by atoms with Crippen LogP contribution in [0.2, 0.25) is 0 Å². The minimum atomic E-state index is -0.396. The van der Waals surface area contributed by atoms with Gasteiger partial charge in [-0.25, -0.2) is 0 Å². The van der Waals surface area contributed by atoms with Crippen LogP contribution >= 0.6 is 0 Å². The van der Waals surface area contributed by atoms with Crippen molar-refractivity contribution in [1.82, 2.24) is 0 Å². The molecule has 4 aliphatic rings. The average molecular weight is 348 g/mol. The third-order valence-corrected chi connectivity index (χ3v) is 8.87. The topological polar surface area (TPSA) is 74.6 Å². The maximum atomic E-state index is 13.3. The van der Waals surface area contributed by atoms with Gasteiger partial charge in [-0.05, 0) is 73.5 Å². The molecule has 0 aromatic rings. The van der Waals surface area contributed by atoms with E-state index >= 15 is 0 Å². The van der Waals surface area contributed by atoms with Gasteiger partial charge in [0.1, 0.15) is 12.4 Å². The number of carbonyl (C=O) groups is 2. The standard InChI is InChI=1S/C21H32O4/c1-20-8-7-13(23)9-12(20)3-4-14-15-5-6-16(18(25)11-22)21(15,2)10-17(24)19(14)20/h12-16,19,22-23H,3-11H2,1-2H3/t12-,13-,14-,15-,16+,19+,20-,21-/m0/s1. The summed E-state index contributed by atoms with van der Waals surface area (Å²) in [7, 11) is 0. The Balaban J connectivity index is 1.66. The fourth-order valence-electron chi connectivity index (χ4n) is 7.69. The predicted octanol–water partition coefficient (Wildman–Crippen LogP) is 2.75. The Kier molecular flexibility index (Phi) is 4.16. The first-order valence-electron chi connectivity index (χ1n) is 10.2. The summed E-state index contributed by atoms with van der Waals surface area (Å²) in [6.07, 6.45) is 6.93. The molecular weight excluding hydrogens is 316 g/mol. The first-order chi connectivity index (χ1) is 11.8. The van der Waals surface area contributed by atoms with Crippen LogP contribution in [0.4, 0.5) is 0 Å². The molecule has 0 aliphatic heterocycles. The minimum absolute atomic E-state index is 0.0274. The second kappa shape index (κ2) is 5.88. The van der Waals surface area contributed by atoms with Crippen molar-refractivity contribution in [2.75, 3.05) is 6.61 Å². The van der Waals surface area contributed by atoms with Crippen LogP contribution in [0.15, 0.2) is 0 Å². The largest absolute Gasteiger partial charge is 0.393 e. The summed E-state index contributed by atoms with van der Waals surface area (Å²) < 4.78 is 0. The van der Waals surface area contributed by atoms with Crippen molar-refractivity contribution in [3.63, 3.8) is 0 Å². The second-order valence-electron chi connectivity index (χ2n) is 9.86. The van der Waals surface area contributed by atoms with Crippen molar-refractivity contribution >= 4 is 11.6 Å². The van der Waals surface area contributed by atoms with Crippen molar-refractivity contribution in [3.8, 4) is 0 Å². The maximum absolute atomic E-state index is 13.3. The molecule has 25 heavy (non-hydrogen) atoms. The highest BCUT2D eigenvalue weighted by Crippen LogP contribution is 2.66. The van der Waals surface area contributed by atoms with E-state index in [-0.39, 0.29) is 34.6 Å². The summed E-state index contributed by atoms with van der Waals surface area (Å²) in [5.74, 6) is 1.52. The highest BCUT2D eigenvalue weighted by Gasteiger charge is 2.63. The fraction of sp³-hybridized carbons (Fsp3) is 0.905. The number of hydrogen-bond donors (Lipinski definition) is 2. The predicted molar refractivity (Wildman–Crippen MR) is 93.7 cm³/mol. The van der Waals surface area contributed by atoms with E-state index in [1.54, 1.807) is 0 Å². The first-order valence-corrected chi connectivity index (χ1v) is 10.2. The normalized spacial score (nSPS) is 52.2. The van der Waals surface area contributed by atoms with E-state index in [4.69, 9.17) is 0 Å². The van der Waals surface area contributed by atoms with Gasteiger partial charge < -0.3 is 10.2 Å². The van der Waals surface area contributed by atoms with Gasteiger partial charge in [0.15, 0.2) is 5.78 Å². The SMILES string of the molecule is C[C@]12CC[C@H](O)C[C@@H]1CC[C@H]1[C@@H]3CC[C@H](C(=O)CO)[C@@]3(C)CC(=O)[C@@H]12. The minimum Gasteiger partial charge on any atom is -0.393 e. The van der Waals surface area contributed by atoms with Gasteiger partial charge in [-0.3, -0.25) is 9.59 Å². The Morgan fingerprint density at radius 2 is 1.88 bits per heavy atom. The van der Waals surface area contributed by atoms with E-state index < -0.39 is 6.61 Å². The molecule has 4 heteroatoms. The van der Waals surface area contributed by atoms with Crippen LogP contribution < -0.4 is 0 Å². The van der Waals surface area contributed by atoms with Crippen molar-refractivity contribution in [3.05, 3.63) is 0 Å². The number of fused-ring (bicyclic) bond motifs is 5. The van der Waals surface area contributed by atoms with Crippen molar-refractivity contribution in [2.24, 2.45) is 40.4 Å². The molecule has 140 valence electrons. The average Bonchev–Trinajstić information content (AvgIpc) is 2.91. The molecule has 0 amide bonds. The molecule has 0 spiro atoms. The Morgan fingerprint density at radius 3 is 2.60 bits per heavy atom. The lowest BCUT2D eigenvalue weighted by molar-refractivity contribution is -0.162. The number of aliphatic hydroxyl groups is 2. The monoisotopic (exact) mass is 348 g/mol. The molecule has 0 heterocycles. The molecule has 0 bridgehead atoms. The van der Waals surface area contributed by atoms with Crippen LogP contribution in [0.3, 0.4) is 0 Å². The molecule has 0 aromatic carbocycles. The zero-order chi connectivity index (χ0) is 18.0. The van der Waals surface area contributed by atoms with Crippen molar-refractivity contribution in [1.29, 1.82) is 0 Å². The second-order valence-corrected chi connectivity index (χ2v) is 9.86. The molecular formula is C21H32O4. The van der Waals surface area contributed by atoms with Crippen molar-refractivity contribution < 1.29 is 19.8 Å². The zero-order valence-corrected chi connectivity index (χ0v) is 15.5. The van der Waals surface area contributed by atoms with Gasteiger partial charge in [0.25, 0.3) is 0 Å². The molecule has 4 saturated carbocycles. The van der Waals surface area contributed by atoms with Gasteiger partial charge in [0.2, 0.25) is 0 Å². The lowest BCUT2D eigenvalue weighted by Gasteiger charge is -2.59. The number of Topliss-reactive ketones (excluding diaryl/α,β-unsaturated/α-hetero) is 2. The molecule has 0 radical (unpaired) electrons. The Morgan fingerprint density at radius 1 is 1.12 bits per heavy atom. The van der Waals surface area contributed by atoms with E-state index in [1.807, 2.05) is 0 Å². The first kappa shape index (κ1) is 17.7. The third kappa shape index (κ3) is 2.39. The van der Waals surface area contributed by atoms with Gasteiger partial charge in [-0.2, -0.15) is 0 Å². The molecule has 2 N–H and O–H groups in total. The quantitative estimate of drug-likeness (QED) is 0.805. The van der Waals surface area contributed by atoms with E-state index in [1.165, 1.54) is 0 Å². The third-order valence-electron chi connectivity index (χ3n) is 8.87. The van der Waals surface area contributed by atoms with Crippen LogP contribution in [0.1, 0.15) is 65.2 Å². The zero-order valence-electron chi connectivity index (χ0n) is 15.5. The molecule has 0 saturated heterocycles. The van der Waals surface area contributed by atoms with Gasteiger partial charge in [-0.1, -0.05) is 13.8 Å². The van der Waals surface area contributed by atoms with Gasteiger partial charge >= 0.3 is 0 Å². The number of carbonyl (C=O) groups excluding carboxylic acids is 2. The van der Waals surface area contributed by atoms with Crippen LogP contribution in [0.5, 0.6) is 0 Å². The van der Waals surface area contributed by atoms with Crippen molar-refractivity contribution in [2.45, 2.75) is 71.3 Å². The maximum Gasteiger partial charge on any atom is 0.161 e. The number of rotatable bonds is 2. The van der Waals surface area contributed by atoms with Crippen LogP contribution in [-0.4, -0.2) is 34.5 Å². The smallest absolute Gasteiger partial charge is 0.161 e. The Bertz CT molecular complexity index is 586. The van der Waals surface area contributed by atoms with E-state index in [0.29, 0.717) is 30.0 Å². The van der Waals surface area contributed by atoms with E-state index in [9.17, 15) is 19.8 Å². The summed E-state index contributed by atoms with van der Waals surface area (Å²) >= 11 is 0. The number of ketones is 2. The van der Waals surface area contributed by atoms with Gasteiger partial charge in [0.05, 0.1) is 6.10 Å². The van der Waals surface area contributed by atoms with Crippen LogP contribution in [0, 0.1) is 40.4 Å². The van der Waals surface area contributed by atoms with Gasteiger partial charge in [-0.15, -0.1) is 0 Å². The number of hydrogen-bond acceptors (Lipinski definition) is 4. The highest BCUT2D eigenvalue weighted by atomic mass is 16.3. The van der Waals surface area contributed by atoms with Crippen LogP contribution in [0.25, 0.3) is 0 Å². The van der Waals surface area contributed by atoms with Gasteiger partial charge in [0, 0.05) is 18.3 Å². The summed E-state index contributed by atoms with van der Waals surface area (Å²) in [6, 6.07) is 0. The fourth-order valence-corrected chi connectivity index (χ4v) is 7.69. The van der Waals surface area contributed by atoms with E-state index in [0.717, 1.165) is 44.9 Å². The summed E-state index contributed by atoms with van der Waals surface area (Å²) in [5.41, 5.74) is -0.227. The molecule has 4 rings (SSSR count). The lowest BCUT2D eigenvalue weighted by atomic mass is 9.44. The molecule has 0 unspecified atom stereocenters. The summed E-state index contributed by atoms with van der Waals surface area (Å²) in [5, 5.41) is 19.5. The Hall–Kier alpha value is -0.740.